The van der Waals surface area contributed by atoms with Crippen molar-refractivity contribution < 1.29 is 14.3 Å². The second-order valence-corrected chi connectivity index (χ2v) is 9.05. The number of likely N-dealkylation sites (tertiary alicyclic amines) is 1. The monoisotopic (exact) mass is 428 g/mol. The molecule has 1 aromatic carbocycles. The number of carbonyl (C=O) groups excluding carboxylic acids is 1. The standard InChI is InChI=1S/C24H36N4O3/c1-25-22(29)15-18-7-11-28(12-8-18)23(26-2)27-17-24(9-3-4-10-24)19-5-6-20-21(16-19)31-14-13-30-20/h5-6,16,18H,3-4,7-15,17H2,1-2H3,(H,25,29)(H,26,27). The van der Waals surface area contributed by atoms with E-state index in [-0.39, 0.29) is 11.3 Å². The van der Waals surface area contributed by atoms with E-state index >= 15 is 0 Å². The molecule has 1 saturated heterocycles. The third kappa shape index (κ3) is 4.91. The van der Waals surface area contributed by atoms with E-state index < -0.39 is 0 Å². The van der Waals surface area contributed by atoms with Crippen LogP contribution in [-0.4, -0.2) is 63.7 Å². The fourth-order valence-corrected chi connectivity index (χ4v) is 5.29. The van der Waals surface area contributed by atoms with Crippen LogP contribution in [0.4, 0.5) is 0 Å². The van der Waals surface area contributed by atoms with Crippen molar-refractivity contribution in [1.29, 1.82) is 0 Å². The minimum atomic E-state index is 0.101. The van der Waals surface area contributed by atoms with E-state index in [0.29, 0.717) is 25.6 Å². The first-order valence-corrected chi connectivity index (χ1v) is 11.7. The molecular weight excluding hydrogens is 392 g/mol. The third-order valence-corrected chi connectivity index (χ3v) is 7.18. The van der Waals surface area contributed by atoms with E-state index in [1.807, 2.05) is 7.05 Å². The second kappa shape index (κ2) is 9.79. The van der Waals surface area contributed by atoms with Crippen LogP contribution in [0.3, 0.4) is 0 Å². The zero-order valence-corrected chi connectivity index (χ0v) is 18.9. The van der Waals surface area contributed by atoms with E-state index in [4.69, 9.17) is 9.47 Å². The molecule has 170 valence electrons. The Labute approximate surface area is 185 Å². The molecule has 7 nitrogen and oxygen atoms in total. The summed E-state index contributed by atoms with van der Waals surface area (Å²) in [6, 6.07) is 6.47. The lowest BCUT2D eigenvalue weighted by atomic mass is 9.78. The molecule has 0 radical (unpaired) electrons. The normalized spacial score (nSPS) is 21.1. The predicted molar refractivity (Wildman–Crippen MR) is 122 cm³/mol. The third-order valence-electron chi connectivity index (χ3n) is 7.18. The topological polar surface area (TPSA) is 75.2 Å². The van der Waals surface area contributed by atoms with Gasteiger partial charge in [-0.1, -0.05) is 18.9 Å². The van der Waals surface area contributed by atoms with Gasteiger partial charge in [-0.05, 0) is 49.3 Å². The van der Waals surface area contributed by atoms with Crippen LogP contribution in [0.1, 0.15) is 50.5 Å². The van der Waals surface area contributed by atoms with Gasteiger partial charge in [0.2, 0.25) is 5.91 Å². The van der Waals surface area contributed by atoms with Crippen molar-refractivity contribution in [3.8, 4) is 11.5 Å². The van der Waals surface area contributed by atoms with Crippen molar-refractivity contribution in [2.75, 3.05) is 46.9 Å². The Kier molecular flexibility index (Phi) is 6.88. The smallest absolute Gasteiger partial charge is 0.220 e. The van der Waals surface area contributed by atoms with Crippen molar-refractivity contribution in [3.63, 3.8) is 0 Å². The fourth-order valence-electron chi connectivity index (χ4n) is 5.29. The zero-order chi connectivity index (χ0) is 21.7. The Morgan fingerprint density at radius 2 is 1.87 bits per heavy atom. The molecule has 2 fully saturated rings. The number of fused-ring (bicyclic) bond motifs is 1. The number of nitrogens with zero attached hydrogens (tertiary/aromatic N) is 2. The van der Waals surface area contributed by atoms with Crippen molar-refractivity contribution in [2.45, 2.75) is 50.4 Å². The van der Waals surface area contributed by atoms with E-state index in [9.17, 15) is 4.79 Å². The van der Waals surface area contributed by atoms with Gasteiger partial charge >= 0.3 is 0 Å². The van der Waals surface area contributed by atoms with Crippen molar-refractivity contribution in [1.82, 2.24) is 15.5 Å². The molecule has 1 saturated carbocycles. The number of amides is 1. The lowest BCUT2D eigenvalue weighted by Crippen LogP contribution is -2.49. The SMILES string of the molecule is CN=C(NCC1(c2ccc3c(c2)OCCO3)CCCC1)N1CCC(CC(=O)NC)CC1. The van der Waals surface area contributed by atoms with Gasteiger partial charge < -0.3 is 25.0 Å². The summed E-state index contributed by atoms with van der Waals surface area (Å²) in [5.74, 6) is 3.31. The molecule has 7 heteroatoms. The molecule has 4 rings (SSSR count). The number of guanidine groups is 1. The Bertz CT molecular complexity index is 796. The molecule has 2 N–H and O–H groups in total. The summed E-state index contributed by atoms with van der Waals surface area (Å²) >= 11 is 0. The molecule has 31 heavy (non-hydrogen) atoms. The summed E-state index contributed by atoms with van der Waals surface area (Å²) in [6.07, 6.45) is 7.53. The summed E-state index contributed by atoms with van der Waals surface area (Å²) in [5.41, 5.74) is 1.44. The highest BCUT2D eigenvalue weighted by molar-refractivity contribution is 5.80. The van der Waals surface area contributed by atoms with Crippen molar-refractivity contribution >= 4 is 11.9 Å². The molecular formula is C24H36N4O3. The largest absolute Gasteiger partial charge is 0.486 e. The molecule has 1 amide bonds. The van der Waals surface area contributed by atoms with Gasteiger partial charge in [0.05, 0.1) is 0 Å². The maximum Gasteiger partial charge on any atom is 0.220 e. The lowest BCUT2D eigenvalue weighted by Gasteiger charge is -2.37. The predicted octanol–water partition coefficient (Wildman–Crippen LogP) is 2.69. The van der Waals surface area contributed by atoms with Gasteiger partial charge in [0.1, 0.15) is 13.2 Å². The first-order valence-electron chi connectivity index (χ1n) is 11.7. The van der Waals surface area contributed by atoms with E-state index in [1.54, 1.807) is 7.05 Å². The minimum absolute atomic E-state index is 0.101. The number of carbonyl (C=O) groups is 1. The highest BCUT2D eigenvalue weighted by Crippen LogP contribution is 2.43. The number of ether oxygens (including phenoxy) is 2. The highest BCUT2D eigenvalue weighted by Gasteiger charge is 2.37. The Hall–Kier alpha value is -2.44. The first-order chi connectivity index (χ1) is 15.1. The zero-order valence-electron chi connectivity index (χ0n) is 18.9. The Morgan fingerprint density at radius 3 is 2.55 bits per heavy atom. The van der Waals surface area contributed by atoms with Crippen LogP contribution in [0.2, 0.25) is 0 Å². The average Bonchev–Trinajstić information content (AvgIpc) is 3.30. The molecule has 0 unspecified atom stereocenters. The Morgan fingerprint density at radius 1 is 1.16 bits per heavy atom. The highest BCUT2D eigenvalue weighted by atomic mass is 16.6. The second-order valence-electron chi connectivity index (χ2n) is 9.05. The number of piperidine rings is 1. The maximum atomic E-state index is 11.7. The summed E-state index contributed by atoms with van der Waals surface area (Å²) in [6.45, 7) is 3.99. The number of aliphatic imine (C=N–C) groups is 1. The first kappa shape index (κ1) is 21.8. The molecule has 2 aliphatic heterocycles. The molecule has 0 aromatic heterocycles. The van der Waals surface area contributed by atoms with Crippen molar-refractivity contribution in [3.05, 3.63) is 23.8 Å². The molecule has 0 spiro atoms. The van der Waals surface area contributed by atoms with Gasteiger partial charge in [-0.3, -0.25) is 9.79 Å². The molecule has 3 aliphatic rings. The number of rotatable bonds is 5. The average molecular weight is 429 g/mol. The van der Waals surface area contributed by atoms with Gasteiger partial charge in [-0.15, -0.1) is 0 Å². The molecule has 0 bridgehead atoms. The molecule has 1 aromatic rings. The van der Waals surface area contributed by atoms with Crippen LogP contribution in [0, 0.1) is 5.92 Å². The van der Waals surface area contributed by atoms with Crippen LogP contribution >= 0.6 is 0 Å². The van der Waals surface area contributed by atoms with Crippen LogP contribution < -0.4 is 20.1 Å². The number of hydrogen-bond acceptors (Lipinski definition) is 4. The van der Waals surface area contributed by atoms with E-state index in [0.717, 1.165) is 49.9 Å². The van der Waals surface area contributed by atoms with Gasteiger partial charge in [-0.2, -0.15) is 0 Å². The number of benzene rings is 1. The Balaban J connectivity index is 1.39. The maximum absolute atomic E-state index is 11.7. The summed E-state index contributed by atoms with van der Waals surface area (Å²) in [4.78, 5) is 18.6. The molecule has 2 heterocycles. The molecule has 1 aliphatic carbocycles. The fraction of sp³-hybridized carbons (Fsp3) is 0.667. The summed E-state index contributed by atoms with van der Waals surface area (Å²) in [7, 11) is 3.58. The number of hydrogen-bond donors (Lipinski definition) is 2. The van der Waals surface area contributed by atoms with Crippen LogP contribution in [0.15, 0.2) is 23.2 Å². The number of nitrogens with one attached hydrogen (secondary N) is 2. The van der Waals surface area contributed by atoms with Crippen LogP contribution in [0.25, 0.3) is 0 Å². The van der Waals surface area contributed by atoms with Gasteiger partial charge in [-0.25, -0.2) is 0 Å². The van der Waals surface area contributed by atoms with Crippen molar-refractivity contribution in [2.24, 2.45) is 10.9 Å². The van der Waals surface area contributed by atoms with Crippen LogP contribution in [-0.2, 0) is 10.2 Å². The summed E-state index contributed by atoms with van der Waals surface area (Å²) in [5, 5.41) is 6.43. The minimum Gasteiger partial charge on any atom is -0.486 e. The quantitative estimate of drug-likeness (QED) is 0.557. The lowest BCUT2D eigenvalue weighted by molar-refractivity contribution is -0.121. The van der Waals surface area contributed by atoms with Crippen LogP contribution in [0.5, 0.6) is 11.5 Å². The molecule has 0 atom stereocenters. The van der Waals surface area contributed by atoms with Gasteiger partial charge in [0, 0.05) is 45.6 Å². The van der Waals surface area contributed by atoms with E-state index in [1.165, 1.54) is 31.2 Å². The summed E-state index contributed by atoms with van der Waals surface area (Å²) < 4.78 is 11.6. The van der Waals surface area contributed by atoms with Gasteiger partial charge in [0.25, 0.3) is 0 Å². The van der Waals surface area contributed by atoms with E-state index in [2.05, 4.69) is 38.7 Å². The van der Waals surface area contributed by atoms with Gasteiger partial charge in [0.15, 0.2) is 17.5 Å².